The Labute approximate surface area is 124 Å². The van der Waals surface area contributed by atoms with E-state index < -0.39 is 0 Å². The van der Waals surface area contributed by atoms with Crippen molar-refractivity contribution in [3.63, 3.8) is 0 Å². The minimum absolute atomic E-state index is 0.123. The minimum Gasteiger partial charge on any atom is -0.317 e. The Morgan fingerprint density at radius 3 is 2.05 bits per heavy atom. The van der Waals surface area contributed by atoms with Gasteiger partial charge in [-0.05, 0) is 48.4 Å². The lowest BCUT2D eigenvalue weighted by Crippen LogP contribution is -2.23. The molecule has 2 unspecified atom stereocenters. The highest BCUT2D eigenvalue weighted by Gasteiger charge is 2.25. The molecule has 1 aromatic carbocycles. The smallest absolute Gasteiger partial charge is 0.0464 e. The zero-order chi connectivity index (χ0) is 14.5. The molecular formula is C18H26NP. The largest absolute Gasteiger partial charge is 0.317 e. The van der Waals surface area contributed by atoms with Crippen LogP contribution in [0.25, 0.3) is 5.69 Å². The van der Waals surface area contributed by atoms with Gasteiger partial charge in [0.2, 0.25) is 0 Å². The van der Waals surface area contributed by atoms with E-state index in [4.69, 9.17) is 0 Å². The molecule has 0 aliphatic heterocycles. The maximum atomic E-state index is 2.42. The van der Waals surface area contributed by atoms with Crippen LogP contribution >= 0.6 is 7.92 Å². The van der Waals surface area contributed by atoms with Gasteiger partial charge in [-0.2, -0.15) is 0 Å². The second-order valence-electron chi connectivity index (χ2n) is 5.49. The standard InChI is InChI=1S/C18H26NP/c1-5-15(3)20(16(4)6-2)18-13-10-14-19(18)17-11-8-7-9-12-17/h7-16H,5-6H2,1-4H3. The molecule has 108 valence electrons. The van der Waals surface area contributed by atoms with Gasteiger partial charge in [0.25, 0.3) is 0 Å². The number of rotatable bonds is 6. The number of hydrogen-bond acceptors (Lipinski definition) is 0. The number of aromatic nitrogens is 1. The molecule has 1 nitrogen and oxygen atoms in total. The first kappa shape index (κ1) is 15.3. The van der Waals surface area contributed by atoms with Crippen molar-refractivity contribution in [2.24, 2.45) is 0 Å². The molecule has 0 radical (unpaired) electrons. The Morgan fingerprint density at radius 2 is 1.50 bits per heavy atom. The lowest BCUT2D eigenvalue weighted by atomic mass is 10.3. The Balaban J connectivity index is 2.43. The summed E-state index contributed by atoms with van der Waals surface area (Å²) in [7, 11) is -0.123. The van der Waals surface area contributed by atoms with E-state index in [0.29, 0.717) is 0 Å². The average Bonchev–Trinajstić information content (AvgIpc) is 2.97. The van der Waals surface area contributed by atoms with E-state index in [1.807, 2.05) is 0 Å². The molecule has 0 fully saturated rings. The summed E-state index contributed by atoms with van der Waals surface area (Å²) < 4.78 is 2.39. The third-order valence-electron chi connectivity index (χ3n) is 4.16. The summed E-state index contributed by atoms with van der Waals surface area (Å²) in [5, 5.41) is 0. The quantitative estimate of drug-likeness (QED) is 0.645. The van der Waals surface area contributed by atoms with Gasteiger partial charge in [0.05, 0.1) is 0 Å². The fraction of sp³-hybridized carbons (Fsp3) is 0.444. The topological polar surface area (TPSA) is 4.93 Å². The van der Waals surface area contributed by atoms with Crippen molar-refractivity contribution < 1.29 is 0 Å². The molecule has 0 saturated carbocycles. The normalized spacial score (nSPS) is 15.8. The minimum atomic E-state index is -0.123. The van der Waals surface area contributed by atoms with Crippen molar-refractivity contribution in [3.05, 3.63) is 48.7 Å². The fourth-order valence-corrected chi connectivity index (χ4v) is 5.92. The molecule has 1 aromatic heterocycles. The molecule has 0 N–H and O–H groups in total. The molecule has 1 heterocycles. The first-order valence-corrected chi connectivity index (χ1v) is 9.18. The average molecular weight is 287 g/mol. The van der Waals surface area contributed by atoms with E-state index in [0.717, 1.165) is 11.3 Å². The summed E-state index contributed by atoms with van der Waals surface area (Å²) in [6, 6.07) is 15.2. The highest BCUT2D eigenvalue weighted by atomic mass is 31.1. The second kappa shape index (κ2) is 7.09. The number of para-hydroxylation sites is 1. The van der Waals surface area contributed by atoms with Gasteiger partial charge >= 0.3 is 0 Å². The van der Waals surface area contributed by atoms with E-state index in [2.05, 4.69) is 80.9 Å². The van der Waals surface area contributed by atoms with Crippen LogP contribution in [0.3, 0.4) is 0 Å². The monoisotopic (exact) mass is 287 g/mol. The SMILES string of the molecule is CCC(C)P(c1cccn1-c1ccccc1)C(C)CC. The lowest BCUT2D eigenvalue weighted by molar-refractivity contribution is 0.837. The van der Waals surface area contributed by atoms with Crippen LogP contribution in [0, 0.1) is 0 Å². The number of hydrogen-bond donors (Lipinski definition) is 0. The van der Waals surface area contributed by atoms with Crippen LogP contribution in [0.5, 0.6) is 0 Å². The van der Waals surface area contributed by atoms with E-state index in [9.17, 15) is 0 Å². The van der Waals surface area contributed by atoms with Gasteiger partial charge in [-0.15, -0.1) is 0 Å². The van der Waals surface area contributed by atoms with Crippen molar-refractivity contribution in [1.29, 1.82) is 0 Å². The van der Waals surface area contributed by atoms with Crippen molar-refractivity contribution in [3.8, 4) is 5.69 Å². The van der Waals surface area contributed by atoms with Gasteiger partial charge in [0.15, 0.2) is 0 Å². The first-order valence-electron chi connectivity index (χ1n) is 7.70. The molecule has 0 amide bonds. The zero-order valence-electron chi connectivity index (χ0n) is 13.1. The predicted molar refractivity (Wildman–Crippen MR) is 91.8 cm³/mol. The molecule has 20 heavy (non-hydrogen) atoms. The van der Waals surface area contributed by atoms with Crippen LogP contribution in [0.1, 0.15) is 40.5 Å². The molecule has 2 rings (SSSR count). The molecule has 0 spiro atoms. The second-order valence-corrected chi connectivity index (χ2v) is 8.53. The molecule has 2 aromatic rings. The molecule has 0 aliphatic rings. The Morgan fingerprint density at radius 1 is 0.900 bits per heavy atom. The van der Waals surface area contributed by atoms with E-state index >= 15 is 0 Å². The Kier molecular flexibility index (Phi) is 5.43. The number of nitrogens with zero attached hydrogens (tertiary/aromatic N) is 1. The maximum Gasteiger partial charge on any atom is 0.0464 e. The Hall–Kier alpha value is -1.07. The van der Waals surface area contributed by atoms with Crippen molar-refractivity contribution in [1.82, 2.24) is 4.57 Å². The summed E-state index contributed by atoms with van der Waals surface area (Å²) in [6.45, 7) is 9.47. The third-order valence-corrected chi connectivity index (χ3v) is 7.68. The number of benzene rings is 1. The van der Waals surface area contributed by atoms with Crippen LogP contribution in [0.4, 0.5) is 0 Å². The fourth-order valence-electron chi connectivity index (χ4n) is 2.67. The van der Waals surface area contributed by atoms with Crippen molar-refractivity contribution in [2.75, 3.05) is 0 Å². The molecular weight excluding hydrogens is 261 g/mol. The van der Waals surface area contributed by atoms with Crippen LogP contribution in [-0.4, -0.2) is 15.9 Å². The summed E-state index contributed by atoms with van der Waals surface area (Å²) >= 11 is 0. The molecule has 0 bridgehead atoms. The van der Waals surface area contributed by atoms with Gasteiger partial charge in [0, 0.05) is 17.3 Å². The summed E-state index contributed by atoms with van der Waals surface area (Å²) in [5.74, 6) is 0. The molecule has 0 aliphatic carbocycles. The van der Waals surface area contributed by atoms with Crippen LogP contribution in [0.15, 0.2) is 48.7 Å². The first-order chi connectivity index (χ1) is 9.69. The van der Waals surface area contributed by atoms with Crippen molar-refractivity contribution in [2.45, 2.75) is 51.9 Å². The van der Waals surface area contributed by atoms with Gasteiger partial charge in [-0.3, -0.25) is 0 Å². The van der Waals surface area contributed by atoms with Gasteiger partial charge in [-0.25, -0.2) is 0 Å². The summed E-state index contributed by atoms with van der Waals surface area (Å²) in [4.78, 5) is 0. The Bertz CT molecular complexity index is 507. The predicted octanol–water partition coefficient (Wildman–Crippen LogP) is 5.18. The van der Waals surface area contributed by atoms with E-state index in [-0.39, 0.29) is 7.92 Å². The molecule has 0 saturated heterocycles. The van der Waals surface area contributed by atoms with Crippen LogP contribution < -0.4 is 5.44 Å². The van der Waals surface area contributed by atoms with Crippen LogP contribution in [-0.2, 0) is 0 Å². The summed E-state index contributed by atoms with van der Waals surface area (Å²) in [5.41, 5.74) is 4.36. The highest BCUT2D eigenvalue weighted by Crippen LogP contribution is 2.48. The van der Waals surface area contributed by atoms with E-state index in [1.54, 1.807) is 0 Å². The van der Waals surface area contributed by atoms with E-state index in [1.165, 1.54) is 24.0 Å². The lowest BCUT2D eigenvalue weighted by Gasteiger charge is -2.30. The van der Waals surface area contributed by atoms with Crippen LogP contribution in [0.2, 0.25) is 0 Å². The third kappa shape index (κ3) is 3.15. The van der Waals surface area contributed by atoms with Gasteiger partial charge < -0.3 is 4.57 Å². The van der Waals surface area contributed by atoms with Gasteiger partial charge in [0.1, 0.15) is 0 Å². The van der Waals surface area contributed by atoms with Crippen molar-refractivity contribution >= 4 is 13.4 Å². The molecule has 2 heteroatoms. The zero-order valence-corrected chi connectivity index (χ0v) is 14.0. The van der Waals surface area contributed by atoms with Gasteiger partial charge in [-0.1, -0.05) is 53.8 Å². The molecule has 2 atom stereocenters. The maximum absolute atomic E-state index is 2.42. The summed E-state index contributed by atoms with van der Waals surface area (Å²) in [6.07, 6.45) is 4.73. The highest BCUT2D eigenvalue weighted by molar-refractivity contribution is 7.66.